The van der Waals surface area contributed by atoms with Crippen molar-refractivity contribution in [2.24, 2.45) is 0 Å². The molecule has 0 saturated heterocycles. The Labute approximate surface area is 139 Å². The Morgan fingerprint density at radius 3 is 2.82 bits per heavy atom. The van der Waals surface area contributed by atoms with Crippen molar-refractivity contribution in [3.63, 3.8) is 0 Å². The lowest BCUT2D eigenvalue weighted by Crippen LogP contribution is -2.38. The van der Waals surface area contributed by atoms with Crippen LogP contribution in [0.3, 0.4) is 0 Å². The van der Waals surface area contributed by atoms with Crippen LogP contribution in [0.2, 0.25) is 10.0 Å². The lowest BCUT2D eigenvalue weighted by atomic mass is 10.1. The summed E-state index contributed by atoms with van der Waals surface area (Å²) in [6.45, 7) is 0.510. The number of carbonyl (C=O) groups is 1. The maximum absolute atomic E-state index is 12.2. The van der Waals surface area contributed by atoms with Gasteiger partial charge in [0.2, 0.25) is 0 Å². The minimum absolute atomic E-state index is 0.0960. The van der Waals surface area contributed by atoms with Gasteiger partial charge in [0.15, 0.2) is 6.10 Å². The second kappa shape index (κ2) is 6.59. The second-order valence-corrected chi connectivity index (χ2v) is 6.04. The van der Waals surface area contributed by atoms with Crippen molar-refractivity contribution in [3.8, 4) is 5.75 Å². The first-order valence-electron chi connectivity index (χ1n) is 7.09. The first-order valence-corrected chi connectivity index (χ1v) is 7.85. The van der Waals surface area contributed by atoms with E-state index in [1.807, 2.05) is 30.3 Å². The molecule has 22 heavy (non-hydrogen) atoms. The van der Waals surface area contributed by atoms with Crippen LogP contribution in [0.15, 0.2) is 42.5 Å². The number of hydrogen-bond acceptors (Lipinski definition) is 2. The van der Waals surface area contributed by atoms with E-state index in [1.165, 1.54) is 0 Å². The summed E-state index contributed by atoms with van der Waals surface area (Å²) in [7, 11) is 0. The predicted molar refractivity (Wildman–Crippen MR) is 87.7 cm³/mol. The third-order valence-electron chi connectivity index (χ3n) is 3.65. The molecule has 0 bridgehead atoms. The van der Waals surface area contributed by atoms with E-state index in [2.05, 4.69) is 5.32 Å². The van der Waals surface area contributed by atoms with Crippen LogP contribution in [0.1, 0.15) is 11.1 Å². The van der Waals surface area contributed by atoms with Crippen molar-refractivity contribution >= 4 is 29.1 Å². The fraction of sp³-hybridized carbons (Fsp3) is 0.235. The van der Waals surface area contributed by atoms with Crippen LogP contribution in [0.4, 0.5) is 0 Å². The lowest BCUT2D eigenvalue weighted by molar-refractivity contribution is -0.127. The monoisotopic (exact) mass is 335 g/mol. The number of rotatable bonds is 4. The zero-order valence-corrected chi connectivity index (χ0v) is 13.3. The molecule has 2 aromatic carbocycles. The summed E-state index contributed by atoms with van der Waals surface area (Å²) >= 11 is 12.0. The molecule has 1 amide bonds. The zero-order valence-electron chi connectivity index (χ0n) is 11.8. The van der Waals surface area contributed by atoms with Gasteiger partial charge in [-0.25, -0.2) is 0 Å². The maximum Gasteiger partial charge on any atom is 0.261 e. The van der Waals surface area contributed by atoms with E-state index >= 15 is 0 Å². The molecule has 3 rings (SSSR count). The van der Waals surface area contributed by atoms with Crippen molar-refractivity contribution in [3.05, 3.63) is 63.6 Å². The van der Waals surface area contributed by atoms with Gasteiger partial charge in [-0.3, -0.25) is 4.79 Å². The third kappa shape index (κ3) is 3.37. The Morgan fingerprint density at radius 1 is 1.23 bits per heavy atom. The van der Waals surface area contributed by atoms with E-state index in [0.29, 0.717) is 29.4 Å². The molecule has 0 unspecified atom stereocenters. The predicted octanol–water partition coefficient (Wildman–Crippen LogP) is 3.66. The average Bonchev–Trinajstić information content (AvgIpc) is 2.93. The quantitative estimate of drug-likeness (QED) is 0.925. The van der Waals surface area contributed by atoms with E-state index in [-0.39, 0.29) is 5.91 Å². The van der Waals surface area contributed by atoms with E-state index in [9.17, 15) is 4.79 Å². The topological polar surface area (TPSA) is 38.3 Å². The summed E-state index contributed by atoms with van der Waals surface area (Å²) in [4.78, 5) is 12.2. The van der Waals surface area contributed by atoms with Gasteiger partial charge in [-0.15, -0.1) is 0 Å². The van der Waals surface area contributed by atoms with Crippen LogP contribution in [0.5, 0.6) is 5.75 Å². The van der Waals surface area contributed by atoms with Gasteiger partial charge in [0.25, 0.3) is 5.91 Å². The van der Waals surface area contributed by atoms with Crippen molar-refractivity contribution in [1.82, 2.24) is 5.32 Å². The number of benzene rings is 2. The van der Waals surface area contributed by atoms with E-state index < -0.39 is 6.10 Å². The van der Waals surface area contributed by atoms with Crippen LogP contribution >= 0.6 is 23.2 Å². The highest BCUT2D eigenvalue weighted by Gasteiger charge is 2.28. The molecule has 5 heteroatoms. The van der Waals surface area contributed by atoms with Crippen molar-refractivity contribution in [2.75, 3.05) is 6.54 Å². The van der Waals surface area contributed by atoms with Gasteiger partial charge in [0.05, 0.1) is 0 Å². The molecule has 1 atom stereocenters. The molecule has 0 fully saturated rings. The van der Waals surface area contributed by atoms with Crippen LogP contribution in [-0.2, 0) is 17.6 Å². The Hall–Kier alpha value is -1.71. The minimum atomic E-state index is -0.446. The summed E-state index contributed by atoms with van der Waals surface area (Å²) in [6.07, 6.45) is 0.823. The normalized spacial score (nSPS) is 16.0. The fourth-order valence-corrected chi connectivity index (χ4v) is 2.99. The highest BCUT2D eigenvalue weighted by molar-refractivity contribution is 6.35. The summed E-state index contributed by atoms with van der Waals surface area (Å²) in [5.41, 5.74) is 2.03. The van der Waals surface area contributed by atoms with E-state index in [4.69, 9.17) is 27.9 Å². The zero-order chi connectivity index (χ0) is 15.5. The Balaban J connectivity index is 1.51. The van der Waals surface area contributed by atoms with Gasteiger partial charge in [-0.05, 0) is 35.7 Å². The smallest absolute Gasteiger partial charge is 0.261 e. The second-order valence-electron chi connectivity index (χ2n) is 5.20. The van der Waals surface area contributed by atoms with Gasteiger partial charge < -0.3 is 10.1 Å². The highest BCUT2D eigenvalue weighted by Crippen LogP contribution is 2.28. The molecule has 0 aliphatic carbocycles. The molecular weight excluding hydrogens is 321 g/mol. The Morgan fingerprint density at radius 2 is 2.05 bits per heavy atom. The highest BCUT2D eigenvalue weighted by atomic mass is 35.5. The molecule has 2 aromatic rings. The van der Waals surface area contributed by atoms with Crippen molar-refractivity contribution in [2.45, 2.75) is 18.9 Å². The Bertz CT molecular complexity index is 678. The standard InChI is InChI=1S/C17H15Cl2NO2/c18-13-6-5-11(14(19)10-13)7-8-20-17(21)16-9-12-3-1-2-4-15(12)22-16/h1-6,10,16H,7-9H2,(H,20,21)/t16-/m0/s1. The SMILES string of the molecule is O=C(NCCc1ccc(Cl)cc1Cl)[C@@H]1Cc2ccccc2O1. The molecule has 0 saturated carbocycles. The molecule has 0 aromatic heterocycles. The number of amides is 1. The molecule has 114 valence electrons. The van der Waals surface area contributed by atoms with Gasteiger partial charge in [0.1, 0.15) is 5.75 Å². The Kier molecular flexibility index (Phi) is 4.55. The number of para-hydroxylation sites is 1. The number of nitrogens with one attached hydrogen (secondary N) is 1. The van der Waals surface area contributed by atoms with Gasteiger partial charge >= 0.3 is 0 Å². The first-order chi connectivity index (χ1) is 10.6. The summed E-state index contributed by atoms with van der Waals surface area (Å²) in [5, 5.41) is 4.12. The van der Waals surface area contributed by atoms with E-state index in [1.54, 1.807) is 12.1 Å². The summed E-state index contributed by atoms with van der Waals surface area (Å²) < 4.78 is 5.66. The largest absolute Gasteiger partial charge is 0.480 e. The average molecular weight is 336 g/mol. The van der Waals surface area contributed by atoms with E-state index in [0.717, 1.165) is 16.9 Å². The molecule has 1 aliphatic heterocycles. The number of hydrogen-bond donors (Lipinski definition) is 1. The van der Waals surface area contributed by atoms with Crippen LogP contribution in [-0.4, -0.2) is 18.6 Å². The molecule has 0 radical (unpaired) electrons. The fourth-order valence-electron chi connectivity index (χ4n) is 2.49. The van der Waals surface area contributed by atoms with Crippen LogP contribution < -0.4 is 10.1 Å². The summed E-state index contributed by atoms with van der Waals surface area (Å²) in [5.74, 6) is 0.699. The molecule has 1 N–H and O–H groups in total. The molecule has 0 spiro atoms. The van der Waals surface area contributed by atoms with Gasteiger partial charge in [-0.1, -0.05) is 47.5 Å². The molecule has 3 nitrogen and oxygen atoms in total. The van der Waals surface area contributed by atoms with Gasteiger partial charge in [0, 0.05) is 23.0 Å². The number of fused-ring (bicyclic) bond motifs is 1. The minimum Gasteiger partial charge on any atom is -0.480 e. The van der Waals surface area contributed by atoms with Crippen molar-refractivity contribution in [1.29, 1.82) is 0 Å². The number of ether oxygens (including phenoxy) is 1. The third-order valence-corrected chi connectivity index (χ3v) is 4.24. The van der Waals surface area contributed by atoms with Gasteiger partial charge in [-0.2, -0.15) is 0 Å². The van der Waals surface area contributed by atoms with Crippen LogP contribution in [0, 0.1) is 0 Å². The molecule has 1 aliphatic rings. The number of halogens is 2. The number of carbonyl (C=O) groups excluding carboxylic acids is 1. The maximum atomic E-state index is 12.2. The lowest BCUT2D eigenvalue weighted by Gasteiger charge is -2.12. The molecule has 1 heterocycles. The summed E-state index contributed by atoms with van der Waals surface area (Å²) in [6, 6.07) is 13.1. The van der Waals surface area contributed by atoms with Crippen molar-refractivity contribution < 1.29 is 9.53 Å². The van der Waals surface area contributed by atoms with Crippen LogP contribution in [0.25, 0.3) is 0 Å². The molecular formula is C17H15Cl2NO2. The first kappa shape index (κ1) is 15.2.